The molecule has 1 aromatic rings. The van der Waals surface area contributed by atoms with Gasteiger partial charge in [-0.1, -0.05) is 11.6 Å². The second-order valence-corrected chi connectivity index (χ2v) is 3.05. The summed E-state index contributed by atoms with van der Waals surface area (Å²) in [4.78, 5) is 2.78. The molecule has 0 bridgehead atoms. The van der Waals surface area contributed by atoms with E-state index in [0.29, 0.717) is 6.07 Å². The Morgan fingerprint density at radius 3 is 2.31 bits per heavy atom. The molecule has 0 amide bonds. The highest BCUT2D eigenvalue weighted by Crippen LogP contribution is 2.37. The number of halogens is 6. The first-order chi connectivity index (χ1) is 7.27. The Labute approximate surface area is 91.3 Å². The number of aromatic nitrogens is 1. The Bertz CT molecular complexity index is 449. The fourth-order valence-electron chi connectivity index (χ4n) is 1.05. The Kier molecular flexibility index (Phi) is 3.33. The average Bonchev–Trinajstić information content (AvgIpc) is 2.14. The Morgan fingerprint density at radius 2 is 1.94 bits per heavy atom. The standard InChI is InChI=1S/C8H2ClF5N2/c9-4-1-3(2-15)5(7(10)11)6(16-4)8(12,13)14/h1,7H. The molecule has 16 heavy (non-hydrogen) atoms. The zero-order chi connectivity index (χ0) is 12.5. The number of hydrogen-bond donors (Lipinski definition) is 0. The summed E-state index contributed by atoms with van der Waals surface area (Å²) in [5.74, 6) is 0. The van der Waals surface area contributed by atoms with Crippen molar-refractivity contribution in [3.8, 4) is 6.07 Å². The van der Waals surface area contributed by atoms with Crippen molar-refractivity contribution in [2.24, 2.45) is 0 Å². The van der Waals surface area contributed by atoms with Gasteiger partial charge in [-0.3, -0.25) is 0 Å². The molecule has 1 heterocycles. The fourth-order valence-corrected chi connectivity index (χ4v) is 1.25. The number of hydrogen-bond acceptors (Lipinski definition) is 2. The first-order valence-corrected chi connectivity index (χ1v) is 4.11. The molecule has 0 saturated carbocycles. The minimum Gasteiger partial charge on any atom is -0.231 e. The van der Waals surface area contributed by atoms with E-state index in [-0.39, 0.29) is 0 Å². The molecular formula is C8H2ClF5N2. The van der Waals surface area contributed by atoms with E-state index in [4.69, 9.17) is 16.9 Å². The zero-order valence-corrected chi connectivity index (χ0v) is 8.07. The third-order valence-electron chi connectivity index (χ3n) is 1.63. The highest BCUT2D eigenvalue weighted by Gasteiger charge is 2.39. The molecule has 1 aromatic heterocycles. The number of pyridine rings is 1. The normalized spacial score (nSPS) is 11.6. The van der Waals surface area contributed by atoms with Gasteiger partial charge in [0.2, 0.25) is 0 Å². The van der Waals surface area contributed by atoms with Crippen LogP contribution in [0.4, 0.5) is 22.0 Å². The van der Waals surface area contributed by atoms with E-state index in [2.05, 4.69) is 4.98 Å². The fraction of sp³-hybridized carbons (Fsp3) is 0.250. The Morgan fingerprint density at radius 1 is 1.38 bits per heavy atom. The lowest BCUT2D eigenvalue weighted by molar-refractivity contribution is -0.143. The van der Waals surface area contributed by atoms with Crippen molar-refractivity contribution < 1.29 is 22.0 Å². The lowest BCUT2D eigenvalue weighted by Crippen LogP contribution is -2.14. The van der Waals surface area contributed by atoms with Crippen LogP contribution in [0.15, 0.2) is 6.07 Å². The van der Waals surface area contributed by atoms with Gasteiger partial charge in [0.1, 0.15) is 5.15 Å². The number of nitrogens with zero attached hydrogens (tertiary/aromatic N) is 2. The van der Waals surface area contributed by atoms with Crippen LogP contribution in [-0.2, 0) is 6.18 Å². The van der Waals surface area contributed by atoms with Gasteiger partial charge in [-0.2, -0.15) is 18.4 Å². The zero-order valence-electron chi connectivity index (χ0n) is 7.32. The van der Waals surface area contributed by atoms with Crippen LogP contribution in [0.5, 0.6) is 0 Å². The largest absolute Gasteiger partial charge is 0.433 e. The summed E-state index contributed by atoms with van der Waals surface area (Å²) >= 11 is 5.20. The summed E-state index contributed by atoms with van der Waals surface area (Å²) in [6.45, 7) is 0. The van der Waals surface area contributed by atoms with Gasteiger partial charge >= 0.3 is 6.18 Å². The summed E-state index contributed by atoms with van der Waals surface area (Å²) in [5, 5.41) is 7.79. The van der Waals surface area contributed by atoms with Crippen LogP contribution in [0, 0.1) is 11.3 Å². The predicted molar refractivity (Wildman–Crippen MR) is 43.9 cm³/mol. The molecule has 86 valence electrons. The molecule has 0 radical (unpaired) electrons. The molecule has 0 unspecified atom stereocenters. The van der Waals surface area contributed by atoms with E-state index in [1.54, 1.807) is 0 Å². The average molecular weight is 257 g/mol. The third-order valence-corrected chi connectivity index (χ3v) is 1.83. The maximum absolute atomic E-state index is 12.4. The third kappa shape index (κ3) is 2.39. The van der Waals surface area contributed by atoms with Crippen molar-refractivity contribution in [2.75, 3.05) is 0 Å². The first kappa shape index (κ1) is 12.6. The summed E-state index contributed by atoms with van der Waals surface area (Å²) in [5.41, 5.74) is -4.10. The van der Waals surface area contributed by atoms with E-state index in [1.807, 2.05) is 0 Å². The van der Waals surface area contributed by atoms with Crippen molar-refractivity contribution >= 4 is 11.6 Å². The van der Waals surface area contributed by atoms with Crippen LogP contribution in [0.3, 0.4) is 0 Å². The quantitative estimate of drug-likeness (QED) is 0.569. The van der Waals surface area contributed by atoms with Gasteiger partial charge < -0.3 is 0 Å². The topological polar surface area (TPSA) is 36.7 Å². The Balaban J connectivity index is 3.59. The van der Waals surface area contributed by atoms with Gasteiger partial charge in [0.05, 0.1) is 17.2 Å². The molecule has 0 spiro atoms. The molecule has 2 nitrogen and oxygen atoms in total. The molecule has 1 rings (SSSR count). The number of alkyl halides is 5. The molecule has 8 heteroatoms. The molecule has 0 aliphatic heterocycles. The van der Waals surface area contributed by atoms with Gasteiger partial charge in [-0.15, -0.1) is 0 Å². The predicted octanol–water partition coefficient (Wildman–Crippen LogP) is 3.56. The summed E-state index contributed by atoms with van der Waals surface area (Å²) < 4.78 is 61.8. The molecule has 0 fully saturated rings. The minimum atomic E-state index is -5.08. The SMILES string of the molecule is N#Cc1cc(Cl)nc(C(F)(F)F)c1C(F)F. The van der Waals surface area contributed by atoms with Crippen molar-refractivity contribution in [2.45, 2.75) is 12.6 Å². The van der Waals surface area contributed by atoms with Crippen molar-refractivity contribution in [1.29, 1.82) is 5.26 Å². The van der Waals surface area contributed by atoms with Gasteiger partial charge in [-0.05, 0) is 6.07 Å². The molecule has 0 atom stereocenters. The van der Waals surface area contributed by atoms with E-state index < -0.39 is 34.6 Å². The summed E-state index contributed by atoms with van der Waals surface area (Å²) in [6.07, 6.45) is -8.53. The van der Waals surface area contributed by atoms with Crippen LogP contribution >= 0.6 is 11.6 Å². The van der Waals surface area contributed by atoms with Crippen molar-refractivity contribution in [3.63, 3.8) is 0 Å². The highest BCUT2D eigenvalue weighted by atomic mass is 35.5. The minimum absolute atomic E-state index is 0.659. The van der Waals surface area contributed by atoms with Crippen molar-refractivity contribution in [1.82, 2.24) is 4.98 Å². The molecule has 0 aliphatic rings. The smallest absolute Gasteiger partial charge is 0.231 e. The van der Waals surface area contributed by atoms with Crippen LogP contribution in [0.1, 0.15) is 23.2 Å². The van der Waals surface area contributed by atoms with Gasteiger partial charge in [-0.25, -0.2) is 13.8 Å². The summed E-state index contributed by atoms with van der Waals surface area (Å²) in [7, 11) is 0. The van der Waals surface area contributed by atoms with Crippen LogP contribution in [0.2, 0.25) is 5.15 Å². The van der Waals surface area contributed by atoms with Gasteiger partial charge in [0, 0.05) is 0 Å². The molecule has 0 saturated heterocycles. The van der Waals surface area contributed by atoms with E-state index in [0.717, 1.165) is 0 Å². The van der Waals surface area contributed by atoms with Gasteiger partial charge in [0.25, 0.3) is 6.43 Å². The first-order valence-electron chi connectivity index (χ1n) is 3.73. The number of rotatable bonds is 1. The summed E-state index contributed by atoms with van der Waals surface area (Å²) in [6, 6.07) is 1.89. The van der Waals surface area contributed by atoms with Crippen LogP contribution < -0.4 is 0 Å². The van der Waals surface area contributed by atoms with Gasteiger partial charge in [0.15, 0.2) is 5.69 Å². The number of nitriles is 1. The molecule has 0 aliphatic carbocycles. The maximum atomic E-state index is 12.4. The second kappa shape index (κ2) is 4.22. The lowest BCUT2D eigenvalue weighted by atomic mass is 10.1. The van der Waals surface area contributed by atoms with E-state index in [9.17, 15) is 22.0 Å². The molecule has 0 aromatic carbocycles. The molecule has 0 N–H and O–H groups in total. The second-order valence-electron chi connectivity index (χ2n) is 2.67. The van der Waals surface area contributed by atoms with Crippen LogP contribution in [0.25, 0.3) is 0 Å². The molecular weight excluding hydrogens is 255 g/mol. The Hall–Kier alpha value is -1.42. The van der Waals surface area contributed by atoms with Crippen LogP contribution in [-0.4, -0.2) is 4.98 Å². The monoisotopic (exact) mass is 256 g/mol. The van der Waals surface area contributed by atoms with E-state index in [1.165, 1.54) is 6.07 Å². The van der Waals surface area contributed by atoms with E-state index >= 15 is 0 Å². The lowest BCUT2D eigenvalue weighted by Gasteiger charge is -2.12. The maximum Gasteiger partial charge on any atom is 0.433 e. The van der Waals surface area contributed by atoms with Crippen molar-refractivity contribution in [3.05, 3.63) is 28.0 Å². The highest BCUT2D eigenvalue weighted by molar-refractivity contribution is 6.29.